The maximum absolute atomic E-state index is 12.1. The number of para-hydroxylation sites is 2. The molecule has 2 amide bonds. The van der Waals surface area contributed by atoms with E-state index in [1.807, 2.05) is 13.0 Å². The maximum Gasteiger partial charge on any atom is 0.292 e. The molecule has 0 aromatic heterocycles. The van der Waals surface area contributed by atoms with Crippen LogP contribution in [0.5, 0.6) is 5.75 Å². The highest BCUT2D eigenvalue weighted by Gasteiger charge is 2.15. The Hall–Kier alpha value is -3.27. The highest BCUT2D eigenvalue weighted by atomic mass is 79.9. The van der Waals surface area contributed by atoms with Gasteiger partial charge in [0.15, 0.2) is 6.61 Å². The van der Waals surface area contributed by atoms with E-state index in [1.165, 1.54) is 18.2 Å². The normalized spacial score (nSPS) is 10.9. The van der Waals surface area contributed by atoms with Gasteiger partial charge in [-0.15, -0.1) is 0 Å². The molecule has 0 spiro atoms. The minimum absolute atomic E-state index is 0.0950. The summed E-state index contributed by atoms with van der Waals surface area (Å²) >= 11 is 3.35. The largest absolute Gasteiger partial charge is 0.483 e. The average molecular weight is 463 g/mol. The molecule has 29 heavy (non-hydrogen) atoms. The van der Waals surface area contributed by atoms with Crippen LogP contribution in [0, 0.1) is 17.0 Å². The van der Waals surface area contributed by atoms with Gasteiger partial charge in [-0.05, 0) is 43.7 Å². The third kappa shape index (κ3) is 7.00. The molecule has 0 aliphatic carbocycles. The fourth-order valence-corrected chi connectivity index (χ4v) is 2.79. The van der Waals surface area contributed by atoms with Crippen LogP contribution in [0.2, 0.25) is 0 Å². The van der Waals surface area contributed by atoms with E-state index in [0.29, 0.717) is 11.5 Å². The zero-order valence-electron chi connectivity index (χ0n) is 15.8. The zero-order chi connectivity index (χ0) is 21.4. The molecule has 9 nitrogen and oxygen atoms in total. The molecule has 0 saturated heterocycles. The number of hydrogen-bond donors (Lipinski definition) is 2. The topological polar surface area (TPSA) is 123 Å². The van der Waals surface area contributed by atoms with Crippen LogP contribution in [0.4, 0.5) is 11.4 Å². The number of benzene rings is 2. The zero-order valence-corrected chi connectivity index (χ0v) is 17.4. The lowest BCUT2D eigenvalue weighted by atomic mass is 10.2. The number of hydrazone groups is 1. The van der Waals surface area contributed by atoms with Gasteiger partial charge in [0, 0.05) is 16.3 Å². The minimum atomic E-state index is -0.579. The highest BCUT2D eigenvalue weighted by Crippen LogP contribution is 2.23. The fraction of sp³-hybridized carbons (Fsp3) is 0.211. The first kappa shape index (κ1) is 22.0. The van der Waals surface area contributed by atoms with Crippen molar-refractivity contribution >= 4 is 44.8 Å². The lowest BCUT2D eigenvalue weighted by Crippen LogP contribution is -2.26. The van der Waals surface area contributed by atoms with Crippen molar-refractivity contribution < 1.29 is 19.2 Å². The quantitative estimate of drug-likeness (QED) is 0.352. The van der Waals surface area contributed by atoms with Gasteiger partial charge >= 0.3 is 0 Å². The van der Waals surface area contributed by atoms with Crippen LogP contribution in [-0.2, 0) is 9.59 Å². The van der Waals surface area contributed by atoms with Crippen LogP contribution in [0.3, 0.4) is 0 Å². The third-order valence-electron chi connectivity index (χ3n) is 3.66. The molecule has 0 radical (unpaired) electrons. The van der Waals surface area contributed by atoms with E-state index in [9.17, 15) is 19.7 Å². The Balaban J connectivity index is 1.84. The van der Waals surface area contributed by atoms with Crippen molar-refractivity contribution in [2.45, 2.75) is 20.3 Å². The van der Waals surface area contributed by atoms with Crippen LogP contribution < -0.4 is 15.5 Å². The summed E-state index contributed by atoms with van der Waals surface area (Å²) in [4.78, 5) is 34.3. The summed E-state index contributed by atoms with van der Waals surface area (Å²) in [6, 6.07) is 11.2. The molecule has 0 unspecified atom stereocenters. The summed E-state index contributed by atoms with van der Waals surface area (Å²) in [5.41, 5.74) is 3.40. The molecule has 2 aromatic rings. The number of halogens is 1. The summed E-state index contributed by atoms with van der Waals surface area (Å²) in [5, 5.41) is 17.3. The lowest BCUT2D eigenvalue weighted by Gasteiger charge is -2.09. The first-order chi connectivity index (χ1) is 13.8. The molecule has 10 heteroatoms. The second-order valence-electron chi connectivity index (χ2n) is 6.08. The molecule has 2 N–H and O–H groups in total. The number of nitrogens with one attached hydrogen (secondary N) is 2. The predicted octanol–water partition coefficient (Wildman–Crippen LogP) is 3.57. The molecule has 0 heterocycles. The van der Waals surface area contributed by atoms with Crippen molar-refractivity contribution in [3.63, 3.8) is 0 Å². The van der Waals surface area contributed by atoms with Crippen LogP contribution in [-0.4, -0.2) is 29.1 Å². The Labute approximate surface area is 175 Å². The molecule has 0 aliphatic rings. The summed E-state index contributed by atoms with van der Waals surface area (Å²) < 4.78 is 6.34. The highest BCUT2D eigenvalue weighted by molar-refractivity contribution is 9.10. The van der Waals surface area contributed by atoms with E-state index in [2.05, 4.69) is 31.8 Å². The molecule has 0 aliphatic heterocycles. The second-order valence-corrected chi connectivity index (χ2v) is 7.00. The van der Waals surface area contributed by atoms with Gasteiger partial charge in [-0.2, -0.15) is 5.10 Å². The van der Waals surface area contributed by atoms with Gasteiger partial charge in [0.1, 0.15) is 11.4 Å². The van der Waals surface area contributed by atoms with E-state index in [1.54, 1.807) is 25.1 Å². The van der Waals surface area contributed by atoms with Gasteiger partial charge in [-0.3, -0.25) is 19.7 Å². The number of amides is 2. The Morgan fingerprint density at radius 2 is 1.93 bits per heavy atom. The van der Waals surface area contributed by atoms with Gasteiger partial charge in [0.25, 0.3) is 11.6 Å². The molecule has 152 valence electrons. The van der Waals surface area contributed by atoms with E-state index in [4.69, 9.17) is 4.74 Å². The average Bonchev–Trinajstić information content (AvgIpc) is 2.65. The minimum Gasteiger partial charge on any atom is -0.483 e. The summed E-state index contributed by atoms with van der Waals surface area (Å²) in [6.07, 6.45) is -0.140. The Bertz CT molecular complexity index is 961. The van der Waals surface area contributed by atoms with Gasteiger partial charge in [-0.1, -0.05) is 28.1 Å². The van der Waals surface area contributed by atoms with Gasteiger partial charge in [0.05, 0.1) is 11.3 Å². The van der Waals surface area contributed by atoms with Crippen molar-refractivity contribution in [1.29, 1.82) is 0 Å². The predicted molar refractivity (Wildman–Crippen MR) is 112 cm³/mol. The molecule has 2 rings (SSSR count). The number of nitrogens with zero attached hydrogens (tertiary/aromatic N) is 2. The number of rotatable bonds is 8. The van der Waals surface area contributed by atoms with Crippen LogP contribution >= 0.6 is 15.9 Å². The van der Waals surface area contributed by atoms with Crippen molar-refractivity contribution in [2.24, 2.45) is 5.10 Å². The molecular weight excluding hydrogens is 444 g/mol. The van der Waals surface area contributed by atoms with Crippen LogP contribution in [0.15, 0.2) is 52.0 Å². The molecule has 0 bridgehead atoms. The fourth-order valence-electron chi connectivity index (χ4n) is 2.31. The van der Waals surface area contributed by atoms with Gasteiger partial charge < -0.3 is 10.1 Å². The third-order valence-corrected chi connectivity index (χ3v) is 4.15. The van der Waals surface area contributed by atoms with Crippen molar-refractivity contribution in [1.82, 2.24) is 5.43 Å². The smallest absolute Gasteiger partial charge is 0.292 e. The van der Waals surface area contributed by atoms with Crippen LogP contribution in [0.1, 0.15) is 18.9 Å². The molecule has 0 saturated carbocycles. The summed E-state index contributed by atoms with van der Waals surface area (Å²) in [6.45, 7) is 3.18. The first-order valence-electron chi connectivity index (χ1n) is 8.50. The van der Waals surface area contributed by atoms with Crippen molar-refractivity contribution in [3.8, 4) is 5.75 Å². The number of carbonyl (C=O) groups is 2. The number of nitro benzene ring substituents is 1. The SMILES string of the molecule is C/C(CC(=O)Nc1ccccc1[N+](=O)[O-])=N/NC(=O)COc1ccc(Br)cc1C. The van der Waals surface area contributed by atoms with E-state index >= 15 is 0 Å². The molecule has 2 aromatic carbocycles. The molecule has 0 fully saturated rings. The number of aryl methyl sites for hydroxylation is 1. The maximum atomic E-state index is 12.1. The monoisotopic (exact) mass is 462 g/mol. The van der Waals surface area contributed by atoms with Gasteiger partial charge in [-0.25, -0.2) is 5.43 Å². The number of nitro groups is 1. The van der Waals surface area contributed by atoms with Crippen LogP contribution in [0.25, 0.3) is 0 Å². The number of carbonyl (C=O) groups excluding carboxylic acids is 2. The molecular formula is C19H19BrN4O5. The van der Waals surface area contributed by atoms with Crippen molar-refractivity contribution in [3.05, 3.63) is 62.6 Å². The number of anilines is 1. The first-order valence-corrected chi connectivity index (χ1v) is 9.30. The number of hydrogen-bond acceptors (Lipinski definition) is 6. The Kier molecular flexibility index (Phi) is 7.84. The van der Waals surface area contributed by atoms with Crippen molar-refractivity contribution in [2.75, 3.05) is 11.9 Å². The van der Waals surface area contributed by atoms with E-state index < -0.39 is 16.7 Å². The Morgan fingerprint density at radius 1 is 1.21 bits per heavy atom. The summed E-state index contributed by atoms with van der Waals surface area (Å²) in [5.74, 6) is -0.393. The number of ether oxygens (including phenoxy) is 1. The van der Waals surface area contributed by atoms with E-state index in [-0.39, 0.29) is 24.4 Å². The van der Waals surface area contributed by atoms with E-state index in [0.717, 1.165) is 10.0 Å². The standard InChI is InChI=1S/C19H19BrN4O5/c1-12-9-14(20)7-8-17(12)29-11-19(26)23-22-13(2)10-18(25)21-15-5-3-4-6-16(15)24(27)28/h3-9H,10-11H2,1-2H3,(H,21,25)(H,23,26)/b22-13-. The lowest BCUT2D eigenvalue weighted by molar-refractivity contribution is -0.383. The second kappa shape index (κ2) is 10.3. The summed E-state index contributed by atoms with van der Waals surface area (Å²) in [7, 11) is 0. The van der Waals surface area contributed by atoms with Gasteiger partial charge in [0.2, 0.25) is 5.91 Å². The Morgan fingerprint density at radius 3 is 2.62 bits per heavy atom. The molecule has 0 atom stereocenters.